The van der Waals surface area contributed by atoms with Gasteiger partial charge in [-0.2, -0.15) is 0 Å². The van der Waals surface area contributed by atoms with Gasteiger partial charge in [0.1, 0.15) is 23.8 Å². The van der Waals surface area contributed by atoms with E-state index in [1.54, 1.807) is 36.6 Å². The average Bonchev–Trinajstić information content (AvgIpc) is 3.24. The van der Waals surface area contributed by atoms with Gasteiger partial charge in [0, 0.05) is 12.7 Å². The third-order valence-corrected chi connectivity index (χ3v) is 5.81. The number of esters is 1. The van der Waals surface area contributed by atoms with Crippen molar-refractivity contribution in [2.75, 3.05) is 5.75 Å². The number of hydrogen-bond acceptors (Lipinski definition) is 5. The van der Waals surface area contributed by atoms with Crippen LogP contribution < -0.4 is 0 Å². The Balaban J connectivity index is 1.68. The van der Waals surface area contributed by atoms with Crippen LogP contribution in [0.3, 0.4) is 0 Å². The molecule has 2 aromatic rings. The van der Waals surface area contributed by atoms with Gasteiger partial charge in [-0.25, -0.2) is 4.79 Å². The van der Waals surface area contributed by atoms with Gasteiger partial charge in [0.15, 0.2) is 0 Å². The Hall–Kier alpha value is -1.63. The summed E-state index contributed by atoms with van der Waals surface area (Å²) in [6, 6.07) is 7.92. The summed E-state index contributed by atoms with van der Waals surface area (Å²) in [5.74, 6) is 0.427. The summed E-state index contributed by atoms with van der Waals surface area (Å²) >= 11 is 13.3. The first-order chi connectivity index (χ1) is 12.0. The van der Waals surface area contributed by atoms with Crippen LogP contribution in [0.1, 0.15) is 23.6 Å². The second kappa shape index (κ2) is 7.72. The van der Waals surface area contributed by atoms with Gasteiger partial charge in [-0.05, 0) is 29.8 Å². The van der Waals surface area contributed by atoms with E-state index in [4.69, 9.17) is 32.4 Å². The van der Waals surface area contributed by atoms with Crippen LogP contribution in [0.25, 0.3) is 0 Å². The number of carbonyl (C=O) groups is 2. The number of rotatable bonds is 4. The number of benzene rings is 1. The smallest absolute Gasteiger partial charge is 0.330 e. The monoisotopic (exact) mass is 399 g/mol. The van der Waals surface area contributed by atoms with E-state index < -0.39 is 12.0 Å². The summed E-state index contributed by atoms with van der Waals surface area (Å²) in [4.78, 5) is 26.0. The highest BCUT2D eigenvalue weighted by molar-refractivity contribution is 7.99. The summed E-state index contributed by atoms with van der Waals surface area (Å²) in [6.07, 6.45) is 1.55. The Morgan fingerprint density at radius 2 is 2.12 bits per heavy atom. The first kappa shape index (κ1) is 18.2. The van der Waals surface area contributed by atoms with Gasteiger partial charge in [0.2, 0.25) is 5.91 Å². The van der Waals surface area contributed by atoms with E-state index in [1.807, 2.05) is 0 Å². The minimum absolute atomic E-state index is 0.0635. The fraction of sp³-hybridized carbons (Fsp3) is 0.294. The molecule has 0 bridgehead atoms. The summed E-state index contributed by atoms with van der Waals surface area (Å²) in [6.45, 7) is 1.50. The molecule has 0 saturated carbocycles. The van der Waals surface area contributed by atoms with Gasteiger partial charge in [0.25, 0.3) is 0 Å². The van der Waals surface area contributed by atoms with Crippen LogP contribution in [-0.2, 0) is 20.9 Å². The maximum Gasteiger partial charge on any atom is 0.330 e. The number of halogens is 2. The SMILES string of the molecule is CC(=O)N1[C@@H](C(=O)OCc2ccc(Cl)c(Cl)c2)CS[C@H]1c1ccco1. The molecule has 1 aliphatic rings. The number of furan rings is 1. The lowest BCUT2D eigenvalue weighted by atomic mass is 10.2. The molecule has 132 valence electrons. The highest BCUT2D eigenvalue weighted by atomic mass is 35.5. The number of carbonyl (C=O) groups excluding carboxylic acids is 2. The van der Waals surface area contributed by atoms with Gasteiger partial charge in [-0.3, -0.25) is 4.79 Å². The summed E-state index contributed by atoms with van der Waals surface area (Å²) < 4.78 is 10.8. The predicted octanol–water partition coefficient (Wildman–Crippen LogP) is 4.29. The molecule has 0 aliphatic carbocycles. The van der Waals surface area contributed by atoms with Crippen LogP contribution in [-0.4, -0.2) is 28.6 Å². The zero-order chi connectivity index (χ0) is 18.0. The Kier molecular flexibility index (Phi) is 5.61. The van der Waals surface area contributed by atoms with Crippen molar-refractivity contribution in [3.05, 3.63) is 58.0 Å². The maximum atomic E-state index is 12.5. The molecule has 1 fully saturated rings. The van der Waals surface area contributed by atoms with Gasteiger partial charge in [0.05, 0.1) is 16.3 Å². The molecule has 1 aliphatic heterocycles. The number of amides is 1. The van der Waals surface area contributed by atoms with E-state index in [-0.39, 0.29) is 17.9 Å². The molecule has 0 N–H and O–H groups in total. The van der Waals surface area contributed by atoms with Crippen molar-refractivity contribution in [3.8, 4) is 0 Å². The Morgan fingerprint density at radius 3 is 2.76 bits per heavy atom. The quantitative estimate of drug-likeness (QED) is 0.717. The third-order valence-electron chi connectivity index (χ3n) is 3.79. The molecule has 1 amide bonds. The zero-order valence-corrected chi connectivity index (χ0v) is 15.6. The lowest BCUT2D eigenvalue weighted by Gasteiger charge is -2.25. The molecule has 1 aromatic heterocycles. The summed E-state index contributed by atoms with van der Waals surface area (Å²) in [5, 5.41) is 0.512. The zero-order valence-electron chi connectivity index (χ0n) is 13.3. The van der Waals surface area contributed by atoms with Crippen molar-refractivity contribution in [1.29, 1.82) is 0 Å². The Bertz CT molecular complexity index is 781. The maximum absolute atomic E-state index is 12.5. The highest BCUT2D eigenvalue weighted by Crippen LogP contribution is 2.41. The van der Waals surface area contributed by atoms with Crippen LogP contribution >= 0.6 is 35.0 Å². The molecule has 2 atom stereocenters. The van der Waals surface area contributed by atoms with Crippen molar-refractivity contribution in [2.45, 2.75) is 24.9 Å². The molecule has 25 heavy (non-hydrogen) atoms. The van der Waals surface area contributed by atoms with Crippen LogP contribution in [0.15, 0.2) is 41.0 Å². The largest absolute Gasteiger partial charge is 0.466 e. The number of hydrogen-bond donors (Lipinski definition) is 0. The molecule has 5 nitrogen and oxygen atoms in total. The molecule has 1 aromatic carbocycles. The van der Waals surface area contributed by atoms with E-state index in [1.165, 1.54) is 23.6 Å². The van der Waals surface area contributed by atoms with Gasteiger partial charge < -0.3 is 14.1 Å². The van der Waals surface area contributed by atoms with Crippen molar-refractivity contribution in [1.82, 2.24) is 4.90 Å². The normalized spacial score (nSPS) is 19.9. The number of ether oxygens (including phenoxy) is 1. The second-order valence-electron chi connectivity index (χ2n) is 5.50. The standard InChI is InChI=1S/C17H15Cl2NO4S/c1-10(21)20-14(9-25-16(20)15-3-2-6-23-15)17(22)24-8-11-4-5-12(18)13(19)7-11/h2-7,14,16H,8-9H2,1H3/t14-,16+/m1/s1. The van der Waals surface area contributed by atoms with E-state index >= 15 is 0 Å². The summed E-state index contributed by atoms with van der Waals surface area (Å²) in [7, 11) is 0. The van der Waals surface area contributed by atoms with E-state index in [9.17, 15) is 9.59 Å². The highest BCUT2D eigenvalue weighted by Gasteiger charge is 2.43. The molecule has 0 unspecified atom stereocenters. The summed E-state index contributed by atoms with van der Waals surface area (Å²) in [5.41, 5.74) is 0.727. The van der Waals surface area contributed by atoms with Gasteiger partial charge >= 0.3 is 5.97 Å². The van der Waals surface area contributed by atoms with Gasteiger partial charge in [-0.15, -0.1) is 11.8 Å². The minimum atomic E-state index is -0.652. The molecule has 0 radical (unpaired) electrons. The topological polar surface area (TPSA) is 59.8 Å². The van der Waals surface area contributed by atoms with Gasteiger partial charge in [-0.1, -0.05) is 29.3 Å². The molecule has 2 heterocycles. The van der Waals surface area contributed by atoms with Crippen molar-refractivity contribution in [3.63, 3.8) is 0 Å². The first-order valence-electron chi connectivity index (χ1n) is 7.52. The Labute approximate surface area is 159 Å². The van der Waals surface area contributed by atoms with E-state index in [0.717, 1.165) is 5.56 Å². The molecule has 0 spiro atoms. The third kappa shape index (κ3) is 3.97. The van der Waals surface area contributed by atoms with Crippen LogP contribution in [0.5, 0.6) is 0 Å². The van der Waals surface area contributed by atoms with Crippen LogP contribution in [0.4, 0.5) is 0 Å². The Morgan fingerprint density at radius 1 is 1.32 bits per heavy atom. The average molecular weight is 400 g/mol. The van der Waals surface area contributed by atoms with Crippen molar-refractivity contribution in [2.24, 2.45) is 0 Å². The fourth-order valence-electron chi connectivity index (χ4n) is 2.60. The lowest BCUT2D eigenvalue weighted by molar-refractivity contribution is -0.154. The fourth-order valence-corrected chi connectivity index (χ4v) is 4.34. The van der Waals surface area contributed by atoms with Crippen molar-refractivity contribution < 1.29 is 18.7 Å². The van der Waals surface area contributed by atoms with Crippen LogP contribution in [0, 0.1) is 0 Å². The minimum Gasteiger partial charge on any atom is -0.466 e. The molecular formula is C17H15Cl2NO4S. The number of nitrogens with zero attached hydrogens (tertiary/aromatic N) is 1. The predicted molar refractivity (Wildman–Crippen MR) is 96.5 cm³/mol. The van der Waals surface area contributed by atoms with Crippen molar-refractivity contribution >= 4 is 46.8 Å². The van der Waals surface area contributed by atoms with E-state index in [2.05, 4.69) is 0 Å². The van der Waals surface area contributed by atoms with E-state index in [0.29, 0.717) is 21.6 Å². The molecule has 3 rings (SSSR count). The van der Waals surface area contributed by atoms with Crippen LogP contribution in [0.2, 0.25) is 10.0 Å². The lowest BCUT2D eigenvalue weighted by Crippen LogP contribution is -2.42. The number of thioether (sulfide) groups is 1. The molecule has 8 heteroatoms. The second-order valence-corrected chi connectivity index (χ2v) is 7.43. The molecular weight excluding hydrogens is 385 g/mol. The first-order valence-corrected chi connectivity index (χ1v) is 9.32. The molecule has 1 saturated heterocycles.